The Hall–Kier alpha value is -3.39. The number of hydrogen-bond donors (Lipinski definition) is 1. The van der Waals surface area contributed by atoms with Gasteiger partial charge in [0.2, 0.25) is 5.91 Å². The van der Waals surface area contributed by atoms with Gasteiger partial charge in [-0.1, -0.05) is 11.6 Å². The minimum atomic E-state index is -4.80. The number of piperazine rings is 1. The first-order valence-corrected chi connectivity index (χ1v) is 14.2. The molecule has 1 unspecified atom stereocenters. The summed E-state index contributed by atoms with van der Waals surface area (Å²) in [6.45, 7) is 4.61. The van der Waals surface area contributed by atoms with Gasteiger partial charge in [-0.05, 0) is 67.6 Å². The zero-order valence-corrected chi connectivity index (χ0v) is 24.3. The number of likely N-dealkylation sites (tertiary alicyclic amines) is 1. The van der Waals surface area contributed by atoms with E-state index in [1.54, 1.807) is 6.07 Å². The molecular formula is C30H34F7N4O3-. The zero-order chi connectivity index (χ0) is 32.4. The molecule has 242 valence electrons. The molecule has 0 aliphatic carbocycles. The van der Waals surface area contributed by atoms with Crippen molar-refractivity contribution in [2.45, 2.75) is 69.6 Å². The number of carbonyl (C=O) groups excluding carboxylic acids is 1. The highest BCUT2D eigenvalue weighted by atomic mass is 19.4. The van der Waals surface area contributed by atoms with Crippen LogP contribution in [0.1, 0.15) is 59.5 Å². The molecule has 0 radical (unpaired) electrons. The highest BCUT2D eigenvalue weighted by molar-refractivity contribution is 5.79. The van der Waals surface area contributed by atoms with Crippen LogP contribution >= 0.6 is 0 Å². The molecule has 2 aromatic carbocycles. The van der Waals surface area contributed by atoms with Gasteiger partial charge in [-0.2, -0.15) is 33.4 Å². The van der Waals surface area contributed by atoms with Crippen molar-refractivity contribution in [3.05, 3.63) is 75.3 Å². The molecule has 3 aliphatic heterocycles. The number of halogens is 7. The number of aryl methyl sites for hydroxylation is 1. The highest BCUT2D eigenvalue weighted by Crippen LogP contribution is 2.38. The molecule has 1 N–H and O–H groups in total. The molecule has 14 heteroatoms. The molecule has 0 bridgehead atoms. The molecule has 2 aromatic rings. The lowest BCUT2D eigenvalue weighted by Gasteiger charge is -2.46. The maximum atomic E-state index is 13.5. The number of nitrogens with zero attached hydrogens (tertiary/aromatic N) is 4. The van der Waals surface area contributed by atoms with Crippen molar-refractivity contribution in [1.29, 1.82) is 0 Å². The van der Waals surface area contributed by atoms with E-state index in [1.807, 2.05) is 11.8 Å². The van der Waals surface area contributed by atoms with Gasteiger partial charge in [-0.25, -0.2) is 9.18 Å². The van der Waals surface area contributed by atoms with Crippen LogP contribution in [0, 0.1) is 12.7 Å². The Bertz CT molecular complexity index is 1320. The van der Waals surface area contributed by atoms with Crippen LogP contribution in [0.5, 0.6) is 0 Å². The molecular weight excluding hydrogens is 597 g/mol. The Kier molecular flexibility index (Phi) is 10.1. The maximum absolute atomic E-state index is 13.5. The molecule has 5 rings (SSSR count). The molecule has 3 fully saturated rings. The number of rotatable bonds is 4. The van der Waals surface area contributed by atoms with Gasteiger partial charge in [-0.15, -0.1) is 6.54 Å². The second kappa shape index (κ2) is 13.3. The smallest absolute Gasteiger partial charge is 0.416 e. The van der Waals surface area contributed by atoms with Crippen molar-refractivity contribution in [3.63, 3.8) is 0 Å². The van der Waals surface area contributed by atoms with Crippen molar-refractivity contribution in [3.8, 4) is 0 Å². The van der Waals surface area contributed by atoms with E-state index in [4.69, 9.17) is 0 Å². The fraction of sp³-hybridized carbons (Fsp3) is 0.533. The molecule has 3 aliphatic rings. The summed E-state index contributed by atoms with van der Waals surface area (Å²) in [6, 6.07) is 6.37. The van der Waals surface area contributed by atoms with Gasteiger partial charge < -0.3 is 20.2 Å². The Morgan fingerprint density at radius 1 is 0.955 bits per heavy atom. The van der Waals surface area contributed by atoms with Gasteiger partial charge in [0.05, 0.1) is 17.2 Å². The molecule has 7 nitrogen and oxygen atoms in total. The summed E-state index contributed by atoms with van der Waals surface area (Å²) >= 11 is 0. The molecule has 3 atom stereocenters. The van der Waals surface area contributed by atoms with E-state index in [0.29, 0.717) is 37.6 Å². The van der Waals surface area contributed by atoms with Crippen LogP contribution in [-0.4, -0.2) is 77.1 Å². The highest BCUT2D eigenvalue weighted by Gasteiger charge is 2.41. The van der Waals surface area contributed by atoms with Crippen LogP contribution in [0.4, 0.5) is 35.5 Å². The summed E-state index contributed by atoms with van der Waals surface area (Å²) in [5.74, 6) is -0.0346. The number of hydrogen-bond acceptors (Lipinski definition) is 3. The summed E-state index contributed by atoms with van der Waals surface area (Å²) in [5, 5.41) is 13.2. The number of alkyl halides is 6. The summed E-state index contributed by atoms with van der Waals surface area (Å²) in [4.78, 5) is 29.6. The minimum Gasteiger partial charge on any atom is -0.661 e. The van der Waals surface area contributed by atoms with Crippen LogP contribution in [0.15, 0.2) is 36.4 Å². The predicted octanol–water partition coefficient (Wildman–Crippen LogP) is 6.85. The lowest BCUT2D eigenvalue weighted by atomic mass is 9.88. The second-order valence-electron chi connectivity index (χ2n) is 11.3. The number of amides is 2. The normalized spacial score (nSPS) is 22.8. The Balaban J connectivity index is 0.000000225. The van der Waals surface area contributed by atoms with E-state index in [0.717, 1.165) is 43.6 Å². The molecule has 0 spiro atoms. The Labute approximate surface area is 250 Å². The minimum absolute atomic E-state index is 0.0964. The van der Waals surface area contributed by atoms with Gasteiger partial charge in [0.15, 0.2) is 0 Å². The summed E-state index contributed by atoms with van der Waals surface area (Å²) < 4.78 is 87.8. The average molecular weight is 632 g/mol. The van der Waals surface area contributed by atoms with Crippen LogP contribution in [0.2, 0.25) is 0 Å². The first-order valence-electron chi connectivity index (χ1n) is 14.2. The Morgan fingerprint density at radius 2 is 1.61 bits per heavy atom. The van der Waals surface area contributed by atoms with E-state index in [-0.39, 0.29) is 42.0 Å². The lowest BCUT2D eigenvalue weighted by molar-refractivity contribution is -0.143. The first kappa shape index (κ1) is 33.5. The molecule has 0 aromatic heterocycles. The SMILES string of the molecule is C[N-]Cc1cc(C(F)(F)F)cc(C(F)(F)F)c1.Cc1cc(F)ccc1[C@H]1C[C@@H](N2CCN3C(=O)CCC3C2)CCN1C(=O)O. The monoisotopic (exact) mass is 631 g/mol. The molecule has 0 saturated carbocycles. The van der Waals surface area contributed by atoms with Crippen molar-refractivity contribution in [2.75, 3.05) is 33.2 Å². The van der Waals surface area contributed by atoms with Gasteiger partial charge in [0.25, 0.3) is 0 Å². The third-order valence-corrected chi connectivity index (χ3v) is 8.44. The van der Waals surface area contributed by atoms with Gasteiger partial charge in [0.1, 0.15) is 5.82 Å². The van der Waals surface area contributed by atoms with Gasteiger partial charge >= 0.3 is 18.4 Å². The molecule has 3 saturated heterocycles. The van der Waals surface area contributed by atoms with E-state index >= 15 is 0 Å². The number of benzene rings is 2. The van der Waals surface area contributed by atoms with Crippen molar-refractivity contribution in [1.82, 2.24) is 14.7 Å². The Morgan fingerprint density at radius 3 is 2.18 bits per heavy atom. The average Bonchev–Trinajstić information content (AvgIpc) is 3.32. The molecule has 44 heavy (non-hydrogen) atoms. The number of carbonyl (C=O) groups is 2. The van der Waals surface area contributed by atoms with Crippen molar-refractivity contribution >= 4 is 12.0 Å². The van der Waals surface area contributed by atoms with Crippen molar-refractivity contribution in [2.24, 2.45) is 0 Å². The van der Waals surface area contributed by atoms with Crippen LogP contribution in [-0.2, 0) is 23.7 Å². The first-order chi connectivity index (χ1) is 20.6. The van der Waals surface area contributed by atoms with E-state index in [2.05, 4.69) is 10.2 Å². The van der Waals surface area contributed by atoms with Gasteiger partial charge in [0, 0.05) is 44.7 Å². The third-order valence-electron chi connectivity index (χ3n) is 8.44. The van der Waals surface area contributed by atoms with Crippen molar-refractivity contribution < 1.29 is 45.4 Å². The quantitative estimate of drug-likeness (QED) is 0.375. The number of piperidine rings is 1. The fourth-order valence-electron chi connectivity index (χ4n) is 6.33. The predicted molar refractivity (Wildman–Crippen MR) is 147 cm³/mol. The standard InChI is InChI=1S/C20H26FN3O3.C10H8F6N/c1-13-10-14(21)2-4-17(13)18-11-15(6-7-24(18)20(26)27)22-8-9-23-16(12-22)3-5-19(23)25;1-17-5-6-2-7(9(11,12)13)4-8(3-6)10(14,15)16/h2,4,10,15-16,18H,3,5-9,11-12H2,1H3,(H,26,27);2-4H,5H2,1H3/q;-1/t15-,16?,18+;/m0./s1. The van der Waals surface area contributed by atoms with Gasteiger partial charge in [-0.3, -0.25) is 9.69 Å². The molecule has 3 heterocycles. The van der Waals surface area contributed by atoms with Crippen LogP contribution < -0.4 is 0 Å². The fourth-order valence-corrected chi connectivity index (χ4v) is 6.33. The zero-order valence-electron chi connectivity index (χ0n) is 24.3. The van der Waals surface area contributed by atoms with E-state index < -0.39 is 29.6 Å². The number of fused-ring (bicyclic) bond motifs is 1. The summed E-state index contributed by atoms with van der Waals surface area (Å²) in [6.07, 6.45) is -7.46. The third kappa shape index (κ3) is 7.81. The largest absolute Gasteiger partial charge is 0.661 e. The van der Waals surface area contributed by atoms with Crippen LogP contribution in [0.25, 0.3) is 5.32 Å². The van der Waals surface area contributed by atoms with E-state index in [9.17, 15) is 45.4 Å². The topological polar surface area (TPSA) is 78.2 Å². The van der Waals surface area contributed by atoms with Crippen LogP contribution in [0.3, 0.4) is 0 Å². The number of carboxylic acid groups (broad SMARTS) is 1. The summed E-state index contributed by atoms with van der Waals surface area (Å²) in [5.41, 5.74) is -1.07. The maximum Gasteiger partial charge on any atom is 0.416 e. The summed E-state index contributed by atoms with van der Waals surface area (Å²) in [7, 11) is 1.31. The molecule has 2 amide bonds. The lowest BCUT2D eigenvalue weighted by Crippen LogP contribution is -2.57. The second-order valence-corrected chi connectivity index (χ2v) is 11.3. The van der Waals surface area contributed by atoms with E-state index in [1.165, 1.54) is 24.1 Å².